The summed E-state index contributed by atoms with van der Waals surface area (Å²) in [6, 6.07) is 0. The molecule has 17 nitrogen and oxygen atoms in total. The van der Waals surface area contributed by atoms with Crippen LogP contribution in [-0.4, -0.2) is 96.7 Å². The summed E-state index contributed by atoms with van der Waals surface area (Å²) >= 11 is 0. The maximum Gasteiger partial charge on any atom is 0.472 e. The Hall–Kier alpha value is -1.94. The molecule has 0 saturated heterocycles. The number of phosphoric ester groups is 2. The molecule has 0 heterocycles. The highest BCUT2D eigenvalue weighted by atomic mass is 31.2. The number of phosphoric acid groups is 2. The SMILES string of the molecule is CCCCCCCCCCCCC(=O)O[C@H](COC(=O)CCCCCCC)COP(=O)(O)OC[C@H](O)COP(=O)(O)OC[C@@H](COC(=O)CCCCCCCCC(C)CC)OC(=O)CCCCCCCCCC(C)C. The summed E-state index contributed by atoms with van der Waals surface area (Å²) in [5, 5.41) is 10.5. The average molecular weight is 1120 g/mol. The third-order valence-electron chi connectivity index (χ3n) is 13.1. The smallest absolute Gasteiger partial charge is 0.462 e. The number of aliphatic hydroxyl groups excluding tert-OH is 1. The van der Waals surface area contributed by atoms with Gasteiger partial charge in [0.1, 0.15) is 19.3 Å². The van der Waals surface area contributed by atoms with E-state index in [2.05, 4.69) is 41.5 Å². The lowest BCUT2D eigenvalue weighted by molar-refractivity contribution is -0.161. The van der Waals surface area contributed by atoms with E-state index >= 15 is 0 Å². The molecule has 0 aromatic heterocycles. The molecule has 6 atom stereocenters. The van der Waals surface area contributed by atoms with Gasteiger partial charge in [0.05, 0.1) is 26.4 Å². The van der Waals surface area contributed by atoms with Crippen molar-refractivity contribution >= 4 is 39.5 Å². The molecule has 0 saturated carbocycles. The average Bonchev–Trinajstić information content (AvgIpc) is 3.37. The topological polar surface area (TPSA) is 237 Å². The molecule has 0 amide bonds. The molecule has 0 radical (unpaired) electrons. The van der Waals surface area contributed by atoms with Crippen molar-refractivity contribution in [2.24, 2.45) is 11.8 Å². The quantitative estimate of drug-likeness (QED) is 0.0222. The second kappa shape index (κ2) is 49.1. The second-order valence-electron chi connectivity index (χ2n) is 21.0. The van der Waals surface area contributed by atoms with E-state index in [1.54, 1.807) is 0 Å². The van der Waals surface area contributed by atoms with E-state index in [1.165, 1.54) is 70.6 Å². The number of aliphatic hydroxyl groups is 1. The number of hydrogen-bond acceptors (Lipinski definition) is 15. The monoisotopic (exact) mass is 1110 g/mol. The van der Waals surface area contributed by atoms with Gasteiger partial charge in [-0.25, -0.2) is 9.13 Å². The van der Waals surface area contributed by atoms with Crippen LogP contribution in [0.5, 0.6) is 0 Å². The predicted molar refractivity (Wildman–Crippen MR) is 294 cm³/mol. The first-order chi connectivity index (χ1) is 35.9. The van der Waals surface area contributed by atoms with E-state index < -0.39 is 97.5 Å². The first-order valence-electron chi connectivity index (χ1n) is 29.5. The fraction of sp³-hybridized carbons (Fsp3) is 0.929. The van der Waals surface area contributed by atoms with E-state index in [9.17, 15) is 43.2 Å². The fourth-order valence-electron chi connectivity index (χ4n) is 8.08. The maximum atomic E-state index is 12.9. The Morgan fingerprint density at radius 3 is 1.01 bits per heavy atom. The van der Waals surface area contributed by atoms with Gasteiger partial charge < -0.3 is 33.8 Å². The minimum absolute atomic E-state index is 0.102. The Morgan fingerprint density at radius 1 is 0.387 bits per heavy atom. The second-order valence-corrected chi connectivity index (χ2v) is 23.9. The van der Waals surface area contributed by atoms with Crippen LogP contribution in [0.1, 0.15) is 266 Å². The molecule has 0 aliphatic heterocycles. The zero-order chi connectivity index (χ0) is 55.8. The summed E-state index contributed by atoms with van der Waals surface area (Å²) in [6.45, 7) is 9.22. The zero-order valence-electron chi connectivity index (χ0n) is 47.8. The van der Waals surface area contributed by atoms with Crippen molar-refractivity contribution in [3.63, 3.8) is 0 Å². The zero-order valence-corrected chi connectivity index (χ0v) is 49.6. The highest BCUT2D eigenvalue weighted by molar-refractivity contribution is 7.47. The highest BCUT2D eigenvalue weighted by Crippen LogP contribution is 2.45. The van der Waals surface area contributed by atoms with Crippen molar-refractivity contribution < 1.29 is 80.2 Å². The van der Waals surface area contributed by atoms with E-state index in [0.29, 0.717) is 31.6 Å². The third-order valence-corrected chi connectivity index (χ3v) is 15.0. The van der Waals surface area contributed by atoms with Gasteiger partial charge in [0.15, 0.2) is 12.2 Å². The number of ether oxygens (including phenoxy) is 4. The highest BCUT2D eigenvalue weighted by Gasteiger charge is 2.30. The lowest BCUT2D eigenvalue weighted by Crippen LogP contribution is -2.30. The molecule has 19 heteroatoms. The van der Waals surface area contributed by atoms with Crippen LogP contribution in [0, 0.1) is 11.8 Å². The Bertz CT molecular complexity index is 1500. The number of carbonyl (C=O) groups excluding carboxylic acids is 4. The van der Waals surface area contributed by atoms with Gasteiger partial charge in [-0.1, -0.05) is 215 Å². The van der Waals surface area contributed by atoms with Gasteiger partial charge in [-0.2, -0.15) is 0 Å². The van der Waals surface area contributed by atoms with Gasteiger partial charge >= 0.3 is 39.5 Å². The first-order valence-corrected chi connectivity index (χ1v) is 32.5. The third kappa shape index (κ3) is 50.1. The normalized spacial score (nSPS) is 14.9. The Kier molecular flexibility index (Phi) is 47.9. The summed E-state index contributed by atoms with van der Waals surface area (Å²) in [5.74, 6) is -0.733. The van der Waals surface area contributed by atoms with Gasteiger partial charge in [-0.15, -0.1) is 0 Å². The lowest BCUT2D eigenvalue weighted by atomic mass is 10.00. The minimum Gasteiger partial charge on any atom is -0.462 e. The molecule has 75 heavy (non-hydrogen) atoms. The fourth-order valence-corrected chi connectivity index (χ4v) is 9.66. The van der Waals surface area contributed by atoms with E-state index in [0.717, 1.165) is 109 Å². The molecule has 0 bridgehead atoms. The number of esters is 4. The first kappa shape index (κ1) is 73.1. The molecule has 3 N–H and O–H groups in total. The molecule has 0 aliphatic carbocycles. The van der Waals surface area contributed by atoms with E-state index in [4.69, 9.17) is 37.0 Å². The Labute approximate surface area is 454 Å². The van der Waals surface area contributed by atoms with E-state index in [-0.39, 0.29) is 25.7 Å². The summed E-state index contributed by atoms with van der Waals surface area (Å²) in [5.41, 5.74) is 0. The summed E-state index contributed by atoms with van der Waals surface area (Å²) < 4.78 is 67.4. The van der Waals surface area contributed by atoms with Crippen LogP contribution >= 0.6 is 15.6 Å². The number of rotatable bonds is 55. The molecule has 3 unspecified atom stereocenters. The van der Waals surface area contributed by atoms with Gasteiger partial charge in [0.25, 0.3) is 0 Å². The molecule has 0 aliphatic rings. The van der Waals surface area contributed by atoms with Crippen molar-refractivity contribution in [3.05, 3.63) is 0 Å². The van der Waals surface area contributed by atoms with Gasteiger partial charge in [-0.3, -0.25) is 37.3 Å². The maximum absolute atomic E-state index is 12.9. The Morgan fingerprint density at radius 2 is 0.680 bits per heavy atom. The molecule has 0 spiro atoms. The number of carbonyl (C=O) groups is 4. The van der Waals surface area contributed by atoms with Crippen molar-refractivity contribution in [2.75, 3.05) is 39.6 Å². The summed E-state index contributed by atoms with van der Waals surface area (Å²) in [6.07, 6.45) is 28.4. The molecule has 0 rings (SSSR count). The van der Waals surface area contributed by atoms with Crippen molar-refractivity contribution in [1.29, 1.82) is 0 Å². The van der Waals surface area contributed by atoms with Crippen LogP contribution in [0.3, 0.4) is 0 Å². The van der Waals surface area contributed by atoms with Crippen LogP contribution in [0.2, 0.25) is 0 Å². The molecular weight excluding hydrogens is 1010 g/mol. The Balaban J connectivity index is 5.20. The number of unbranched alkanes of at least 4 members (excludes halogenated alkanes) is 24. The number of hydrogen-bond donors (Lipinski definition) is 3. The van der Waals surface area contributed by atoms with Crippen molar-refractivity contribution in [3.8, 4) is 0 Å². The van der Waals surface area contributed by atoms with Gasteiger partial charge in [0.2, 0.25) is 0 Å². The minimum atomic E-state index is -4.93. The molecule has 0 fully saturated rings. The predicted octanol–water partition coefficient (Wildman–Crippen LogP) is 14.5. The van der Waals surface area contributed by atoms with Gasteiger partial charge in [-0.05, 0) is 37.5 Å². The molecular formula is C56H108O17P2. The molecule has 0 aromatic carbocycles. The molecule has 0 aromatic rings. The lowest BCUT2D eigenvalue weighted by Gasteiger charge is -2.21. The standard InChI is InChI=1S/C56H108O17P2/c1-7-10-12-14-15-16-17-20-28-34-40-55(60)72-51(44-66-53(58)38-32-24-13-11-8-2)46-70-74(62,63)68-42-50(57)43-69-75(64,65)71-47-52(73-56(61)41-35-29-21-18-19-25-30-36-48(4)5)45-67-54(59)39-33-27-23-22-26-31-37-49(6)9-3/h48-52,57H,7-47H2,1-6H3,(H,62,63)(H,64,65)/t49?,50-,51+,52+/m0/s1. The van der Waals surface area contributed by atoms with Crippen molar-refractivity contribution in [1.82, 2.24) is 0 Å². The summed E-state index contributed by atoms with van der Waals surface area (Å²) in [4.78, 5) is 71.5. The van der Waals surface area contributed by atoms with Crippen LogP contribution < -0.4 is 0 Å². The van der Waals surface area contributed by atoms with Crippen LogP contribution in [0.25, 0.3) is 0 Å². The van der Waals surface area contributed by atoms with E-state index in [1.807, 2.05) is 0 Å². The van der Waals surface area contributed by atoms with Crippen LogP contribution in [0.15, 0.2) is 0 Å². The van der Waals surface area contributed by atoms with Crippen LogP contribution in [-0.2, 0) is 65.4 Å². The summed E-state index contributed by atoms with van der Waals surface area (Å²) in [7, 11) is -9.86. The van der Waals surface area contributed by atoms with Crippen LogP contribution in [0.4, 0.5) is 0 Å². The largest absolute Gasteiger partial charge is 0.472 e. The van der Waals surface area contributed by atoms with Crippen molar-refractivity contribution in [2.45, 2.75) is 285 Å². The molecule has 444 valence electrons. The van der Waals surface area contributed by atoms with Gasteiger partial charge in [0, 0.05) is 25.7 Å².